The topological polar surface area (TPSA) is 35.5 Å². The molecular weight excluding hydrogens is 276 g/mol. The lowest BCUT2D eigenvalue weighted by Crippen LogP contribution is -2.06. The number of rotatable bonds is 4. The fourth-order valence-electron chi connectivity index (χ4n) is 2.10. The van der Waals surface area contributed by atoms with Gasteiger partial charge in [0.2, 0.25) is 0 Å². The molecule has 0 unspecified atom stereocenters. The van der Waals surface area contributed by atoms with Crippen LogP contribution in [0.1, 0.15) is 21.5 Å². The van der Waals surface area contributed by atoms with E-state index >= 15 is 0 Å². The molecule has 0 radical (unpaired) electrons. The second-order valence-electron chi connectivity index (χ2n) is 4.30. The predicted molar refractivity (Wildman–Crippen MR) is 78.6 cm³/mol. The van der Waals surface area contributed by atoms with Gasteiger partial charge in [-0.1, -0.05) is 41.9 Å². The summed E-state index contributed by atoms with van der Waals surface area (Å²) >= 11 is 6.08. The number of carbonyl (C=O) groups is 1. The van der Waals surface area contributed by atoms with E-state index in [-0.39, 0.29) is 0 Å². The lowest BCUT2D eigenvalue weighted by Gasteiger charge is -2.13. The summed E-state index contributed by atoms with van der Waals surface area (Å²) in [5, 5.41) is 0.483. The fourth-order valence-corrected chi connectivity index (χ4v) is 2.34. The van der Waals surface area contributed by atoms with Gasteiger partial charge in [-0.15, -0.1) is 0 Å². The highest BCUT2D eigenvalue weighted by molar-refractivity contribution is 6.31. The van der Waals surface area contributed by atoms with Gasteiger partial charge in [-0.3, -0.25) is 0 Å². The highest BCUT2D eigenvalue weighted by Gasteiger charge is 2.18. The Kier molecular flexibility index (Phi) is 4.64. The summed E-state index contributed by atoms with van der Waals surface area (Å²) in [6, 6.07) is 13.3. The van der Waals surface area contributed by atoms with Gasteiger partial charge < -0.3 is 9.47 Å². The Morgan fingerprint density at radius 2 is 1.85 bits per heavy atom. The maximum Gasteiger partial charge on any atom is 0.341 e. The van der Waals surface area contributed by atoms with Crippen molar-refractivity contribution >= 4 is 17.6 Å². The van der Waals surface area contributed by atoms with Gasteiger partial charge in [0.05, 0.1) is 14.2 Å². The first-order valence-corrected chi connectivity index (χ1v) is 6.52. The van der Waals surface area contributed by atoms with Crippen molar-refractivity contribution in [2.24, 2.45) is 0 Å². The van der Waals surface area contributed by atoms with Crippen molar-refractivity contribution in [2.75, 3.05) is 14.2 Å². The van der Waals surface area contributed by atoms with Gasteiger partial charge in [0.15, 0.2) is 0 Å². The average molecular weight is 291 g/mol. The van der Waals surface area contributed by atoms with Gasteiger partial charge in [0.1, 0.15) is 11.3 Å². The molecule has 0 aliphatic rings. The second kappa shape index (κ2) is 6.44. The van der Waals surface area contributed by atoms with E-state index in [1.807, 2.05) is 30.3 Å². The number of hydrogen-bond donors (Lipinski definition) is 0. The minimum Gasteiger partial charge on any atom is -0.496 e. The summed E-state index contributed by atoms with van der Waals surface area (Å²) in [6.07, 6.45) is 0.633. The molecule has 2 rings (SSSR count). The van der Waals surface area contributed by atoms with Crippen molar-refractivity contribution in [1.29, 1.82) is 0 Å². The Morgan fingerprint density at radius 1 is 1.15 bits per heavy atom. The largest absolute Gasteiger partial charge is 0.496 e. The molecule has 0 aliphatic carbocycles. The van der Waals surface area contributed by atoms with Crippen molar-refractivity contribution in [2.45, 2.75) is 6.42 Å². The molecule has 3 nitrogen and oxygen atoms in total. The summed E-state index contributed by atoms with van der Waals surface area (Å²) in [7, 11) is 2.86. The molecule has 20 heavy (non-hydrogen) atoms. The number of methoxy groups -OCH3 is 2. The standard InChI is InChI=1S/C16H15ClO3/c1-19-15-12(8-11-6-4-3-5-7-11)9-13(17)10-14(15)16(18)20-2/h3-7,9-10H,8H2,1-2H3. The van der Waals surface area contributed by atoms with E-state index in [0.29, 0.717) is 22.8 Å². The van der Waals surface area contributed by atoms with Crippen LogP contribution >= 0.6 is 11.6 Å². The lowest BCUT2D eigenvalue weighted by molar-refractivity contribution is 0.0597. The van der Waals surface area contributed by atoms with Gasteiger partial charge in [-0.25, -0.2) is 4.79 Å². The predicted octanol–water partition coefficient (Wildman–Crippen LogP) is 3.73. The Bertz CT molecular complexity index is 609. The molecule has 4 heteroatoms. The minimum absolute atomic E-state index is 0.341. The lowest BCUT2D eigenvalue weighted by atomic mass is 10.0. The van der Waals surface area contributed by atoms with Crippen molar-refractivity contribution in [1.82, 2.24) is 0 Å². The second-order valence-corrected chi connectivity index (χ2v) is 4.74. The number of benzene rings is 2. The van der Waals surface area contributed by atoms with Crippen molar-refractivity contribution in [3.63, 3.8) is 0 Å². The SMILES string of the molecule is COC(=O)c1cc(Cl)cc(Cc2ccccc2)c1OC. The maximum absolute atomic E-state index is 11.8. The first kappa shape index (κ1) is 14.4. The zero-order valence-corrected chi connectivity index (χ0v) is 12.1. The van der Waals surface area contributed by atoms with E-state index in [1.165, 1.54) is 14.2 Å². The van der Waals surface area contributed by atoms with E-state index in [4.69, 9.17) is 21.1 Å². The maximum atomic E-state index is 11.8. The van der Waals surface area contributed by atoms with Crippen molar-refractivity contribution < 1.29 is 14.3 Å². The molecule has 0 spiro atoms. The van der Waals surface area contributed by atoms with E-state index in [0.717, 1.165) is 11.1 Å². The number of esters is 1. The molecule has 0 amide bonds. The zero-order chi connectivity index (χ0) is 14.5. The van der Waals surface area contributed by atoms with Crippen LogP contribution in [0.2, 0.25) is 5.02 Å². The van der Waals surface area contributed by atoms with Crippen LogP contribution in [0.4, 0.5) is 0 Å². The van der Waals surface area contributed by atoms with Crippen LogP contribution in [-0.2, 0) is 11.2 Å². The van der Waals surface area contributed by atoms with Crippen molar-refractivity contribution in [3.05, 3.63) is 64.2 Å². The van der Waals surface area contributed by atoms with Gasteiger partial charge in [0, 0.05) is 17.0 Å². The smallest absolute Gasteiger partial charge is 0.341 e. The molecule has 0 saturated heterocycles. The average Bonchev–Trinajstić information content (AvgIpc) is 2.47. The van der Waals surface area contributed by atoms with Crippen LogP contribution < -0.4 is 4.74 Å². The summed E-state index contributed by atoms with van der Waals surface area (Å²) in [4.78, 5) is 11.8. The van der Waals surface area contributed by atoms with Crippen LogP contribution in [0.25, 0.3) is 0 Å². The molecule has 2 aromatic rings. The van der Waals surface area contributed by atoms with E-state index in [1.54, 1.807) is 12.1 Å². The molecule has 0 aliphatic heterocycles. The highest BCUT2D eigenvalue weighted by atomic mass is 35.5. The summed E-state index contributed by atoms with van der Waals surface area (Å²) in [6.45, 7) is 0. The van der Waals surface area contributed by atoms with Gasteiger partial charge >= 0.3 is 5.97 Å². The summed E-state index contributed by atoms with van der Waals surface area (Å²) < 4.78 is 10.1. The summed E-state index contributed by atoms with van der Waals surface area (Å²) in [5.74, 6) is 0.0452. The molecule has 2 aromatic carbocycles. The van der Waals surface area contributed by atoms with Gasteiger partial charge in [0.25, 0.3) is 0 Å². The third-order valence-electron chi connectivity index (χ3n) is 2.98. The number of hydrogen-bond acceptors (Lipinski definition) is 3. The van der Waals surface area contributed by atoms with Crippen LogP contribution in [0, 0.1) is 0 Å². The van der Waals surface area contributed by atoms with Crippen LogP contribution in [0.5, 0.6) is 5.75 Å². The van der Waals surface area contributed by atoms with E-state index in [9.17, 15) is 4.79 Å². The minimum atomic E-state index is -0.460. The molecular formula is C16H15ClO3. The van der Waals surface area contributed by atoms with E-state index in [2.05, 4.69) is 0 Å². The van der Waals surface area contributed by atoms with Crippen LogP contribution in [-0.4, -0.2) is 20.2 Å². The Hall–Kier alpha value is -2.00. The first-order valence-electron chi connectivity index (χ1n) is 6.14. The molecule has 0 heterocycles. The first-order chi connectivity index (χ1) is 9.65. The third-order valence-corrected chi connectivity index (χ3v) is 3.20. The van der Waals surface area contributed by atoms with Gasteiger partial charge in [-0.05, 0) is 17.7 Å². The number of carbonyl (C=O) groups excluding carboxylic acids is 1. The molecule has 104 valence electrons. The Morgan fingerprint density at radius 3 is 2.45 bits per heavy atom. The van der Waals surface area contributed by atoms with Crippen molar-refractivity contribution in [3.8, 4) is 5.75 Å². The molecule has 0 atom stereocenters. The monoisotopic (exact) mass is 290 g/mol. The molecule has 0 N–H and O–H groups in total. The normalized spacial score (nSPS) is 10.2. The molecule has 0 bridgehead atoms. The zero-order valence-electron chi connectivity index (χ0n) is 11.4. The number of halogens is 1. The molecule has 0 saturated carbocycles. The van der Waals surface area contributed by atoms with Gasteiger partial charge in [-0.2, -0.15) is 0 Å². The fraction of sp³-hybridized carbons (Fsp3) is 0.188. The number of ether oxygens (including phenoxy) is 2. The van der Waals surface area contributed by atoms with Crippen LogP contribution in [0.15, 0.2) is 42.5 Å². The quantitative estimate of drug-likeness (QED) is 0.805. The van der Waals surface area contributed by atoms with E-state index < -0.39 is 5.97 Å². The highest BCUT2D eigenvalue weighted by Crippen LogP contribution is 2.30. The Balaban J connectivity index is 2.46. The summed E-state index contributed by atoms with van der Waals surface area (Å²) in [5.41, 5.74) is 2.31. The third kappa shape index (κ3) is 3.11. The molecule has 0 aromatic heterocycles. The molecule has 0 fully saturated rings. The Labute approximate surface area is 123 Å². The van der Waals surface area contributed by atoms with Crippen LogP contribution in [0.3, 0.4) is 0 Å².